The molecule has 3 saturated carbocycles. The summed E-state index contributed by atoms with van der Waals surface area (Å²) in [6.45, 7) is 12.6. The summed E-state index contributed by atoms with van der Waals surface area (Å²) in [7, 11) is 0. The maximum absolute atomic E-state index is 11.5. The fourth-order valence-corrected chi connectivity index (χ4v) is 8.70. The first-order valence-corrected chi connectivity index (χ1v) is 12.6. The molecule has 31 heavy (non-hydrogen) atoms. The van der Waals surface area contributed by atoms with Crippen molar-refractivity contribution in [3.8, 4) is 0 Å². The zero-order valence-electron chi connectivity index (χ0n) is 19.9. The van der Waals surface area contributed by atoms with Gasteiger partial charge in [-0.1, -0.05) is 44.6 Å². The van der Waals surface area contributed by atoms with Crippen LogP contribution in [-0.2, 0) is 0 Å². The van der Waals surface area contributed by atoms with Gasteiger partial charge in [0.2, 0.25) is 0 Å². The number of aliphatic hydroxyl groups excluding tert-OH is 4. The minimum absolute atomic E-state index is 0.0247. The zero-order valence-corrected chi connectivity index (χ0v) is 19.9. The molecule has 0 aromatic carbocycles. The van der Waals surface area contributed by atoms with Gasteiger partial charge in [-0.05, 0) is 98.7 Å². The van der Waals surface area contributed by atoms with Gasteiger partial charge in [0, 0.05) is 0 Å². The van der Waals surface area contributed by atoms with Crippen LogP contribution in [-0.4, -0.2) is 44.8 Å². The molecule has 0 radical (unpaired) electrons. The van der Waals surface area contributed by atoms with E-state index in [1.165, 1.54) is 5.57 Å². The Morgan fingerprint density at radius 1 is 1.19 bits per heavy atom. The lowest BCUT2D eigenvalue weighted by molar-refractivity contribution is -0.131. The van der Waals surface area contributed by atoms with Gasteiger partial charge in [-0.2, -0.15) is 0 Å². The van der Waals surface area contributed by atoms with Crippen LogP contribution in [0.5, 0.6) is 0 Å². The zero-order chi connectivity index (χ0) is 22.7. The van der Waals surface area contributed by atoms with E-state index < -0.39 is 6.10 Å². The molecule has 176 valence electrons. The smallest absolute Gasteiger partial charge is 0.0744 e. The number of fused-ring (bicyclic) bond motifs is 5. The molecule has 4 aliphatic rings. The van der Waals surface area contributed by atoms with Crippen molar-refractivity contribution in [3.63, 3.8) is 0 Å². The quantitative estimate of drug-likeness (QED) is 0.490. The lowest BCUT2D eigenvalue weighted by Crippen LogP contribution is -2.56. The van der Waals surface area contributed by atoms with Crippen molar-refractivity contribution < 1.29 is 20.4 Å². The Kier molecular flexibility index (Phi) is 6.26. The van der Waals surface area contributed by atoms with Gasteiger partial charge in [-0.3, -0.25) is 0 Å². The molecule has 4 heteroatoms. The summed E-state index contributed by atoms with van der Waals surface area (Å²) in [5.74, 6) is 1.47. The Bertz CT molecular complexity index is 731. The summed E-state index contributed by atoms with van der Waals surface area (Å²) in [6, 6.07) is 0. The van der Waals surface area contributed by atoms with Crippen molar-refractivity contribution in [3.05, 3.63) is 23.8 Å². The van der Waals surface area contributed by atoms with Crippen LogP contribution >= 0.6 is 0 Å². The summed E-state index contributed by atoms with van der Waals surface area (Å²) in [5, 5.41) is 43.2. The van der Waals surface area contributed by atoms with E-state index in [9.17, 15) is 20.4 Å². The molecule has 0 amide bonds. The third-order valence-corrected chi connectivity index (χ3v) is 10.2. The standard InChI is InChI=1S/C27H44O4/c1-15(2)21(29)9-6-16(3)24-22(30)13-20-19-8-7-17-12-18(28)10-11-26(17,4)25(19)23(31)14-27(20,24)5/h7,16,18-25,28-31H,1,6,8-14H2,2-5H3/t16-,18+,19+,20+,21?,22+,23-,24+,25-,26+,27+/m1/s1. The Balaban J connectivity index is 1.58. The van der Waals surface area contributed by atoms with Crippen LogP contribution < -0.4 is 0 Å². The van der Waals surface area contributed by atoms with Crippen LogP contribution in [0, 0.1) is 40.4 Å². The van der Waals surface area contributed by atoms with Crippen molar-refractivity contribution in [2.24, 2.45) is 40.4 Å². The largest absolute Gasteiger partial charge is 0.393 e. The van der Waals surface area contributed by atoms with Crippen molar-refractivity contribution >= 4 is 0 Å². The van der Waals surface area contributed by atoms with Gasteiger partial charge in [-0.25, -0.2) is 0 Å². The SMILES string of the molecule is C=C(C)C(O)CC[C@@H](C)[C@H]1[C@@H](O)C[C@H]2[C@@H]3CC=C4C[C@@H](O)CC[C@]4(C)[C@H]3[C@H](O)C[C@]12C. The van der Waals surface area contributed by atoms with Crippen LogP contribution in [0.4, 0.5) is 0 Å². The molecule has 0 spiro atoms. The summed E-state index contributed by atoms with van der Waals surface area (Å²) < 4.78 is 0. The molecule has 4 aliphatic carbocycles. The van der Waals surface area contributed by atoms with E-state index in [4.69, 9.17) is 0 Å². The van der Waals surface area contributed by atoms with Crippen molar-refractivity contribution in [2.45, 2.75) is 103 Å². The van der Waals surface area contributed by atoms with Crippen LogP contribution in [0.2, 0.25) is 0 Å². The molecule has 0 saturated heterocycles. The molecule has 11 atom stereocenters. The summed E-state index contributed by atoms with van der Waals surface area (Å²) in [4.78, 5) is 0. The molecule has 1 unspecified atom stereocenters. The van der Waals surface area contributed by atoms with Gasteiger partial charge in [0.25, 0.3) is 0 Å². The van der Waals surface area contributed by atoms with Crippen molar-refractivity contribution in [2.75, 3.05) is 0 Å². The van der Waals surface area contributed by atoms with E-state index in [2.05, 4.69) is 33.4 Å². The van der Waals surface area contributed by atoms with Crippen molar-refractivity contribution in [1.29, 1.82) is 0 Å². The molecule has 3 fully saturated rings. The first kappa shape index (κ1) is 23.5. The first-order valence-electron chi connectivity index (χ1n) is 12.6. The minimum atomic E-state index is -0.477. The van der Waals surface area contributed by atoms with E-state index in [-0.39, 0.29) is 46.9 Å². The molecule has 4 N–H and O–H groups in total. The van der Waals surface area contributed by atoms with E-state index >= 15 is 0 Å². The van der Waals surface area contributed by atoms with Gasteiger partial charge in [0.15, 0.2) is 0 Å². The highest BCUT2D eigenvalue weighted by Crippen LogP contribution is 2.67. The molecule has 0 aliphatic heterocycles. The summed E-state index contributed by atoms with van der Waals surface area (Å²) >= 11 is 0. The number of allylic oxidation sites excluding steroid dienone is 1. The van der Waals surface area contributed by atoms with E-state index in [1.807, 2.05) is 6.92 Å². The number of aliphatic hydroxyl groups is 4. The molecular weight excluding hydrogens is 388 g/mol. The summed E-state index contributed by atoms with van der Waals surface area (Å²) in [6.07, 6.45) is 7.54. The molecule has 0 aromatic rings. The average molecular weight is 433 g/mol. The fourth-order valence-electron chi connectivity index (χ4n) is 8.70. The van der Waals surface area contributed by atoms with E-state index in [1.54, 1.807) is 0 Å². The van der Waals surface area contributed by atoms with Gasteiger partial charge in [0.1, 0.15) is 0 Å². The van der Waals surface area contributed by atoms with Gasteiger partial charge in [-0.15, -0.1) is 0 Å². The third kappa shape index (κ3) is 3.76. The predicted octanol–water partition coefficient (Wildman–Crippen LogP) is 4.22. The van der Waals surface area contributed by atoms with Crippen LogP contribution in [0.25, 0.3) is 0 Å². The molecular formula is C27H44O4. The molecule has 4 rings (SSSR count). The van der Waals surface area contributed by atoms with Crippen LogP contribution in [0.3, 0.4) is 0 Å². The topological polar surface area (TPSA) is 80.9 Å². The Morgan fingerprint density at radius 3 is 2.58 bits per heavy atom. The fraction of sp³-hybridized carbons (Fsp3) is 0.852. The van der Waals surface area contributed by atoms with Crippen LogP contribution in [0.1, 0.15) is 79.1 Å². The highest BCUT2D eigenvalue weighted by atomic mass is 16.3. The Hall–Kier alpha value is -0.680. The van der Waals surface area contributed by atoms with Crippen molar-refractivity contribution in [1.82, 2.24) is 0 Å². The molecule has 4 nitrogen and oxygen atoms in total. The van der Waals surface area contributed by atoms with E-state index in [0.717, 1.165) is 50.5 Å². The normalized spacial score (nSPS) is 48.8. The highest BCUT2D eigenvalue weighted by Gasteiger charge is 2.64. The molecule has 0 heterocycles. The Morgan fingerprint density at radius 2 is 1.90 bits per heavy atom. The van der Waals surface area contributed by atoms with Gasteiger partial charge in [0.05, 0.1) is 24.4 Å². The minimum Gasteiger partial charge on any atom is -0.393 e. The maximum Gasteiger partial charge on any atom is 0.0744 e. The number of rotatable bonds is 5. The molecule has 0 aromatic heterocycles. The number of hydrogen-bond acceptors (Lipinski definition) is 4. The second kappa shape index (κ2) is 8.27. The van der Waals surface area contributed by atoms with Gasteiger partial charge < -0.3 is 20.4 Å². The predicted molar refractivity (Wildman–Crippen MR) is 123 cm³/mol. The molecule has 0 bridgehead atoms. The van der Waals surface area contributed by atoms with Gasteiger partial charge >= 0.3 is 0 Å². The lowest BCUT2D eigenvalue weighted by Gasteiger charge is -2.60. The number of hydrogen-bond donors (Lipinski definition) is 4. The van der Waals surface area contributed by atoms with E-state index in [0.29, 0.717) is 18.3 Å². The second-order valence-electron chi connectivity index (χ2n) is 12.1. The first-order chi connectivity index (χ1) is 14.5. The third-order valence-electron chi connectivity index (χ3n) is 10.2. The average Bonchev–Trinajstić information content (AvgIpc) is 2.95. The van der Waals surface area contributed by atoms with Crippen LogP contribution in [0.15, 0.2) is 23.8 Å². The lowest BCUT2D eigenvalue weighted by atomic mass is 9.46. The summed E-state index contributed by atoms with van der Waals surface area (Å²) in [5.41, 5.74) is 2.05. The monoisotopic (exact) mass is 432 g/mol. The Labute approximate surface area is 188 Å². The maximum atomic E-state index is 11.5. The second-order valence-corrected chi connectivity index (χ2v) is 12.1. The highest BCUT2D eigenvalue weighted by molar-refractivity contribution is 5.27.